The first-order chi connectivity index (χ1) is 14.5. The van der Waals surface area contributed by atoms with E-state index in [0.29, 0.717) is 6.04 Å². The molecule has 1 aliphatic rings. The van der Waals surface area contributed by atoms with Crippen molar-refractivity contribution in [1.82, 2.24) is 20.4 Å². The van der Waals surface area contributed by atoms with Crippen molar-refractivity contribution in [2.75, 3.05) is 32.1 Å². The zero-order valence-electron chi connectivity index (χ0n) is 19.0. The Morgan fingerprint density at radius 2 is 2.10 bits per heavy atom. The van der Waals surface area contributed by atoms with Crippen LogP contribution in [0.4, 0.5) is 5.69 Å². The quantitative estimate of drug-likeness (QED) is 0.307. The lowest BCUT2D eigenvalue weighted by molar-refractivity contribution is 0.415. The number of hydrogen-bond acceptors (Lipinski definition) is 4. The van der Waals surface area contributed by atoms with Crippen molar-refractivity contribution in [3.8, 4) is 5.75 Å². The maximum Gasteiger partial charge on any atom is 0.191 e. The number of benzene rings is 1. The summed E-state index contributed by atoms with van der Waals surface area (Å²) < 4.78 is 7.52. The first-order valence-electron chi connectivity index (χ1n) is 10.6. The number of anilines is 1. The molecule has 1 aliphatic heterocycles. The molecule has 0 saturated carbocycles. The molecule has 172 valence electrons. The fourth-order valence-electron chi connectivity index (χ4n) is 4.16. The Bertz CT molecular complexity index is 900. The molecule has 2 aromatic rings. The van der Waals surface area contributed by atoms with E-state index in [4.69, 9.17) is 16.3 Å². The highest BCUT2D eigenvalue weighted by Gasteiger charge is 2.26. The molecule has 0 amide bonds. The zero-order chi connectivity index (χ0) is 21.7. The lowest BCUT2D eigenvalue weighted by Gasteiger charge is -2.22. The number of hydrogen-bond donors (Lipinski definition) is 2. The van der Waals surface area contributed by atoms with E-state index in [1.165, 1.54) is 11.3 Å². The van der Waals surface area contributed by atoms with Crippen LogP contribution >= 0.6 is 35.6 Å². The van der Waals surface area contributed by atoms with E-state index >= 15 is 0 Å². The molecular weight excluding hydrogens is 527 g/mol. The molecule has 0 bridgehead atoms. The summed E-state index contributed by atoms with van der Waals surface area (Å²) in [4.78, 5) is 6.74. The van der Waals surface area contributed by atoms with Crippen LogP contribution in [0.5, 0.6) is 5.75 Å². The number of methoxy groups -OCH3 is 1. The molecule has 1 unspecified atom stereocenters. The Kier molecular flexibility index (Phi) is 9.74. The Morgan fingerprint density at radius 1 is 1.32 bits per heavy atom. The van der Waals surface area contributed by atoms with Gasteiger partial charge in [0.25, 0.3) is 0 Å². The van der Waals surface area contributed by atoms with E-state index in [-0.39, 0.29) is 24.0 Å². The Balaban J connectivity index is 0.00000341. The van der Waals surface area contributed by atoms with E-state index in [1.54, 1.807) is 7.11 Å². The van der Waals surface area contributed by atoms with Gasteiger partial charge in [0.2, 0.25) is 0 Å². The minimum atomic E-state index is 0. The third-order valence-electron chi connectivity index (χ3n) is 5.69. The monoisotopic (exact) mass is 560 g/mol. The van der Waals surface area contributed by atoms with Crippen molar-refractivity contribution >= 4 is 47.2 Å². The topological polar surface area (TPSA) is 66.7 Å². The van der Waals surface area contributed by atoms with Crippen LogP contribution in [0.25, 0.3) is 0 Å². The van der Waals surface area contributed by atoms with E-state index in [0.717, 1.165) is 67.0 Å². The van der Waals surface area contributed by atoms with Crippen LogP contribution in [0.2, 0.25) is 5.02 Å². The number of aliphatic imine (C=N–C) groups is 1. The molecule has 1 aromatic carbocycles. The molecule has 1 atom stereocenters. The summed E-state index contributed by atoms with van der Waals surface area (Å²) in [6, 6.07) is 6.04. The molecule has 1 aromatic heterocycles. The van der Waals surface area contributed by atoms with Crippen LogP contribution in [-0.2, 0) is 26.4 Å². The van der Waals surface area contributed by atoms with Crippen LogP contribution in [-0.4, -0.2) is 49.0 Å². The molecule has 0 spiro atoms. The summed E-state index contributed by atoms with van der Waals surface area (Å²) >= 11 is 6.21. The van der Waals surface area contributed by atoms with Gasteiger partial charge in [-0.3, -0.25) is 9.67 Å². The molecule has 3 rings (SSSR count). The first kappa shape index (κ1) is 25.6. The Labute approximate surface area is 207 Å². The lowest BCUT2D eigenvalue weighted by atomic mass is 10.1. The van der Waals surface area contributed by atoms with Crippen LogP contribution < -0.4 is 20.3 Å². The van der Waals surface area contributed by atoms with Crippen molar-refractivity contribution in [3.05, 3.63) is 40.2 Å². The number of aromatic nitrogens is 2. The van der Waals surface area contributed by atoms with Crippen molar-refractivity contribution in [2.45, 2.75) is 45.7 Å². The lowest BCUT2D eigenvalue weighted by Crippen LogP contribution is -2.44. The second-order valence-electron chi connectivity index (χ2n) is 7.52. The van der Waals surface area contributed by atoms with Crippen molar-refractivity contribution in [2.24, 2.45) is 12.0 Å². The summed E-state index contributed by atoms with van der Waals surface area (Å²) in [5.74, 6) is 1.66. The van der Waals surface area contributed by atoms with Gasteiger partial charge in [-0.2, -0.15) is 5.10 Å². The molecule has 2 heterocycles. The van der Waals surface area contributed by atoms with Crippen molar-refractivity contribution in [1.29, 1.82) is 0 Å². The van der Waals surface area contributed by atoms with Gasteiger partial charge in [-0.1, -0.05) is 25.4 Å². The number of aryl methyl sites for hydroxylation is 2. The number of rotatable bonds is 7. The molecule has 0 aliphatic carbocycles. The smallest absolute Gasteiger partial charge is 0.191 e. The average Bonchev–Trinajstić information content (AvgIpc) is 3.34. The van der Waals surface area contributed by atoms with Gasteiger partial charge in [-0.25, -0.2) is 0 Å². The summed E-state index contributed by atoms with van der Waals surface area (Å²) in [6.07, 6.45) is 2.91. The minimum Gasteiger partial charge on any atom is -0.495 e. The summed E-state index contributed by atoms with van der Waals surface area (Å²) in [6.45, 7) is 6.84. The third-order valence-corrected chi connectivity index (χ3v) is 5.93. The average molecular weight is 561 g/mol. The van der Waals surface area contributed by atoms with E-state index in [2.05, 4.69) is 39.5 Å². The van der Waals surface area contributed by atoms with Gasteiger partial charge >= 0.3 is 0 Å². The highest BCUT2D eigenvalue weighted by atomic mass is 127. The summed E-state index contributed by atoms with van der Waals surface area (Å²) in [7, 11) is 5.52. The van der Waals surface area contributed by atoms with Crippen LogP contribution in [0, 0.1) is 0 Å². The van der Waals surface area contributed by atoms with Gasteiger partial charge in [0.05, 0.1) is 18.5 Å². The first-order valence-corrected chi connectivity index (χ1v) is 11.0. The summed E-state index contributed by atoms with van der Waals surface area (Å²) in [5.41, 5.74) is 4.74. The number of ether oxygens (including phenoxy) is 1. The predicted molar refractivity (Wildman–Crippen MR) is 139 cm³/mol. The molecule has 0 radical (unpaired) electrons. The van der Waals surface area contributed by atoms with Gasteiger partial charge in [0.15, 0.2) is 5.96 Å². The predicted octanol–water partition coefficient (Wildman–Crippen LogP) is 3.77. The van der Waals surface area contributed by atoms with Gasteiger partial charge in [0.1, 0.15) is 5.75 Å². The molecular formula is C22H34ClIN6O. The molecule has 7 nitrogen and oxygen atoms in total. The molecule has 2 N–H and O–H groups in total. The SMILES string of the molecule is CCc1nn(C)c(CC)c1CNC(=NC)NC1CCN(c2cc(Cl)ccc2OC)C1.I. The number of nitrogens with zero attached hydrogens (tertiary/aromatic N) is 4. The van der Waals surface area contributed by atoms with E-state index in [9.17, 15) is 0 Å². The second kappa shape index (κ2) is 11.8. The van der Waals surface area contributed by atoms with Crippen molar-refractivity contribution in [3.63, 3.8) is 0 Å². The van der Waals surface area contributed by atoms with E-state index in [1.807, 2.05) is 37.0 Å². The number of guanidine groups is 1. The van der Waals surface area contributed by atoms with Crippen LogP contribution in [0.15, 0.2) is 23.2 Å². The second-order valence-corrected chi connectivity index (χ2v) is 7.96. The van der Waals surface area contributed by atoms with Crippen LogP contribution in [0.3, 0.4) is 0 Å². The molecule has 1 saturated heterocycles. The standard InChI is InChI=1S/C22H33ClN6O.HI/c1-6-18-17(19(7-2)28(4)27-18)13-25-22(24-3)26-16-10-11-29(14-16)20-12-15(23)8-9-21(20)30-5;/h8-9,12,16H,6-7,10-11,13-14H2,1-5H3,(H2,24,25,26);1H. The third kappa shape index (κ3) is 5.97. The Hall–Kier alpha value is -1.68. The maximum absolute atomic E-state index is 6.21. The normalized spacial score (nSPS) is 16.3. The van der Waals surface area contributed by atoms with E-state index < -0.39 is 0 Å². The van der Waals surface area contributed by atoms with Gasteiger partial charge in [-0.15, -0.1) is 24.0 Å². The summed E-state index contributed by atoms with van der Waals surface area (Å²) in [5, 5.41) is 12.4. The minimum absolute atomic E-state index is 0. The Morgan fingerprint density at radius 3 is 2.74 bits per heavy atom. The van der Waals surface area contributed by atoms with Crippen LogP contribution in [0.1, 0.15) is 37.2 Å². The fourth-order valence-corrected chi connectivity index (χ4v) is 4.33. The largest absolute Gasteiger partial charge is 0.495 e. The number of halogens is 2. The highest BCUT2D eigenvalue weighted by Crippen LogP contribution is 2.33. The fraction of sp³-hybridized carbons (Fsp3) is 0.545. The molecule has 31 heavy (non-hydrogen) atoms. The zero-order valence-corrected chi connectivity index (χ0v) is 22.1. The number of nitrogens with one attached hydrogen (secondary N) is 2. The van der Waals surface area contributed by atoms with Gasteiger partial charge in [-0.05, 0) is 37.5 Å². The van der Waals surface area contributed by atoms with Gasteiger partial charge < -0.3 is 20.3 Å². The maximum atomic E-state index is 6.21. The van der Waals surface area contributed by atoms with Gasteiger partial charge in [0, 0.05) is 56.1 Å². The highest BCUT2D eigenvalue weighted by molar-refractivity contribution is 14.0. The molecule has 1 fully saturated rings. The van der Waals surface area contributed by atoms with Crippen molar-refractivity contribution < 1.29 is 4.74 Å². The molecule has 9 heteroatoms.